The van der Waals surface area contributed by atoms with E-state index in [2.05, 4.69) is 5.32 Å². The molecule has 0 radical (unpaired) electrons. The summed E-state index contributed by atoms with van der Waals surface area (Å²) in [7, 11) is 0. The lowest BCUT2D eigenvalue weighted by atomic mass is 10.2. The molecule has 1 aromatic rings. The average molecular weight is 221 g/mol. The van der Waals surface area contributed by atoms with Gasteiger partial charge in [0.2, 0.25) is 0 Å². The minimum absolute atomic E-state index is 0.580. The molecule has 0 amide bonds. The molecule has 3 rings (SSSR count). The minimum atomic E-state index is 0.580. The van der Waals surface area contributed by atoms with E-state index in [0.29, 0.717) is 6.61 Å². The van der Waals surface area contributed by atoms with E-state index in [4.69, 9.17) is 9.78 Å². The number of rotatable bonds is 0. The van der Waals surface area contributed by atoms with Crippen LogP contribution in [-0.4, -0.2) is 13.1 Å². The lowest BCUT2D eigenvalue weighted by Crippen LogP contribution is -2.12. The van der Waals surface area contributed by atoms with E-state index in [1.807, 2.05) is 24.3 Å². The maximum Gasteiger partial charge on any atom is 0.171 e. The Balaban J connectivity index is 0.000000125. The monoisotopic (exact) mass is 221 g/mol. The third-order valence-electron chi connectivity index (χ3n) is 2.79. The molecule has 0 spiro atoms. The van der Waals surface area contributed by atoms with Crippen molar-refractivity contribution in [2.24, 2.45) is 0 Å². The van der Waals surface area contributed by atoms with Crippen molar-refractivity contribution < 1.29 is 9.78 Å². The lowest BCUT2D eigenvalue weighted by Gasteiger charge is -1.91. The summed E-state index contributed by atoms with van der Waals surface area (Å²) >= 11 is 0. The van der Waals surface area contributed by atoms with Crippen LogP contribution in [0.25, 0.3) is 0 Å². The molecular weight excluding hydrogens is 202 g/mol. The van der Waals surface area contributed by atoms with Crippen LogP contribution >= 0.6 is 0 Å². The summed E-state index contributed by atoms with van der Waals surface area (Å²) in [5.74, 6) is 0.845. The molecule has 1 fully saturated rings. The van der Waals surface area contributed by atoms with Gasteiger partial charge in [-0.05, 0) is 32.0 Å². The van der Waals surface area contributed by atoms with Gasteiger partial charge in [0.1, 0.15) is 6.61 Å². The molecule has 88 valence electrons. The second-order valence-corrected chi connectivity index (χ2v) is 4.12. The molecule has 0 atom stereocenters. The molecular formula is C13H19NO2. The van der Waals surface area contributed by atoms with Crippen LogP contribution in [0, 0.1) is 0 Å². The second-order valence-electron chi connectivity index (χ2n) is 4.12. The van der Waals surface area contributed by atoms with Crippen molar-refractivity contribution in [3.05, 3.63) is 29.8 Å². The van der Waals surface area contributed by atoms with E-state index < -0.39 is 0 Å². The Morgan fingerprint density at radius 2 is 1.69 bits per heavy atom. The summed E-state index contributed by atoms with van der Waals surface area (Å²) in [6.45, 7) is 3.08. The fourth-order valence-electron chi connectivity index (χ4n) is 1.84. The Morgan fingerprint density at radius 1 is 0.938 bits per heavy atom. The molecule has 2 aliphatic rings. The molecule has 3 heteroatoms. The smallest absolute Gasteiger partial charge is 0.171 e. The van der Waals surface area contributed by atoms with E-state index >= 15 is 0 Å². The van der Waals surface area contributed by atoms with Crippen molar-refractivity contribution in [1.29, 1.82) is 0 Å². The van der Waals surface area contributed by atoms with Crippen LogP contribution in [0.5, 0.6) is 5.75 Å². The molecule has 1 aromatic carbocycles. The van der Waals surface area contributed by atoms with Crippen LogP contribution in [0.15, 0.2) is 24.3 Å². The van der Waals surface area contributed by atoms with Crippen molar-refractivity contribution in [3.63, 3.8) is 0 Å². The third-order valence-corrected chi connectivity index (χ3v) is 2.79. The fraction of sp³-hybridized carbons (Fsp3) is 0.538. The van der Waals surface area contributed by atoms with Gasteiger partial charge in [0.05, 0.1) is 0 Å². The Hall–Kier alpha value is -1.06. The number of benzene rings is 1. The first kappa shape index (κ1) is 11.4. The number of hydrogen-bond acceptors (Lipinski definition) is 3. The van der Waals surface area contributed by atoms with Gasteiger partial charge < -0.3 is 10.2 Å². The van der Waals surface area contributed by atoms with E-state index in [9.17, 15) is 0 Å². The van der Waals surface area contributed by atoms with Gasteiger partial charge in [-0.1, -0.05) is 31.0 Å². The minimum Gasteiger partial charge on any atom is -0.337 e. The highest BCUT2D eigenvalue weighted by atomic mass is 17.2. The highest BCUT2D eigenvalue weighted by molar-refractivity contribution is 5.33. The van der Waals surface area contributed by atoms with E-state index in [0.717, 1.165) is 11.3 Å². The summed E-state index contributed by atoms with van der Waals surface area (Å²) in [5, 5.41) is 3.35. The molecule has 2 aliphatic heterocycles. The normalized spacial score (nSPS) is 18.8. The third kappa shape index (κ3) is 3.51. The zero-order valence-corrected chi connectivity index (χ0v) is 9.58. The molecule has 2 heterocycles. The highest BCUT2D eigenvalue weighted by Crippen LogP contribution is 2.24. The van der Waals surface area contributed by atoms with Crippen molar-refractivity contribution in [2.75, 3.05) is 13.1 Å². The standard InChI is InChI=1S/C7H6O2.C6H13N/c1-2-4-7-6(3-1)5-8-9-7;1-2-4-6-7-5-3-1/h1-4H,5H2;7H,1-6H2. The first-order valence-corrected chi connectivity index (χ1v) is 6.05. The Labute approximate surface area is 96.7 Å². The lowest BCUT2D eigenvalue weighted by molar-refractivity contribution is -0.194. The van der Waals surface area contributed by atoms with E-state index in [-0.39, 0.29) is 0 Å². The summed E-state index contributed by atoms with van der Waals surface area (Å²) < 4.78 is 0. The van der Waals surface area contributed by atoms with Gasteiger partial charge in [0.25, 0.3) is 0 Å². The molecule has 0 bridgehead atoms. The van der Waals surface area contributed by atoms with E-state index in [1.54, 1.807) is 0 Å². The van der Waals surface area contributed by atoms with Gasteiger partial charge in [-0.15, -0.1) is 0 Å². The van der Waals surface area contributed by atoms with Crippen LogP contribution in [0.3, 0.4) is 0 Å². The SMILES string of the molecule is C1CCCNCC1.c1ccc2c(c1)COO2. The van der Waals surface area contributed by atoms with Gasteiger partial charge >= 0.3 is 0 Å². The van der Waals surface area contributed by atoms with Gasteiger partial charge in [-0.25, -0.2) is 0 Å². The van der Waals surface area contributed by atoms with Crippen LogP contribution in [0.4, 0.5) is 0 Å². The zero-order chi connectivity index (χ0) is 11.1. The largest absolute Gasteiger partial charge is 0.337 e. The van der Waals surface area contributed by atoms with E-state index in [1.165, 1.54) is 38.8 Å². The van der Waals surface area contributed by atoms with Gasteiger partial charge in [0, 0.05) is 5.56 Å². The number of fused-ring (bicyclic) bond motifs is 1. The summed E-state index contributed by atoms with van der Waals surface area (Å²) in [6, 6.07) is 7.77. The molecule has 0 aliphatic carbocycles. The average Bonchev–Trinajstić information content (AvgIpc) is 2.61. The molecule has 1 N–H and O–H groups in total. The van der Waals surface area contributed by atoms with Crippen LogP contribution < -0.4 is 10.2 Å². The molecule has 16 heavy (non-hydrogen) atoms. The van der Waals surface area contributed by atoms with Gasteiger partial charge in [-0.3, -0.25) is 0 Å². The van der Waals surface area contributed by atoms with Gasteiger partial charge in [0.15, 0.2) is 5.75 Å². The number of para-hydroxylation sites is 1. The molecule has 0 aromatic heterocycles. The Bertz CT molecular complexity index is 272. The predicted octanol–water partition coefficient (Wildman–Crippen LogP) is 2.66. The number of nitrogens with one attached hydrogen (secondary N) is 1. The van der Waals surface area contributed by atoms with Crippen LogP contribution in [0.1, 0.15) is 31.2 Å². The van der Waals surface area contributed by atoms with Crippen molar-refractivity contribution in [1.82, 2.24) is 5.32 Å². The molecule has 1 saturated heterocycles. The Kier molecular flexibility index (Phi) is 4.65. The predicted molar refractivity (Wildman–Crippen MR) is 63.2 cm³/mol. The van der Waals surface area contributed by atoms with Crippen molar-refractivity contribution in [3.8, 4) is 5.75 Å². The molecule has 3 nitrogen and oxygen atoms in total. The zero-order valence-electron chi connectivity index (χ0n) is 9.58. The maximum atomic E-state index is 4.80. The number of hydrogen-bond donors (Lipinski definition) is 1. The topological polar surface area (TPSA) is 30.5 Å². The summed E-state index contributed by atoms with van der Waals surface area (Å²) in [5.41, 5.74) is 1.12. The summed E-state index contributed by atoms with van der Waals surface area (Å²) in [4.78, 5) is 9.51. The van der Waals surface area contributed by atoms with Crippen LogP contribution in [-0.2, 0) is 11.5 Å². The van der Waals surface area contributed by atoms with Crippen molar-refractivity contribution in [2.45, 2.75) is 32.3 Å². The Morgan fingerprint density at radius 3 is 2.44 bits per heavy atom. The highest BCUT2D eigenvalue weighted by Gasteiger charge is 2.10. The molecule has 0 unspecified atom stereocenters. The van der Waals surface area contributed by atoms with Crippen molar-refractivity contribution >= 4 is 0 Å². The first-order valence-electron chi connectivity index (χ1n) is 6.05. The molecule has 0 saturated carbocycles. The maximum absolute atomic E-state index is 4.80. The fourth-order valence-corrected chi connectivity index (χ4v) is 1.84. The second kappa shape index (κ2) is 6.51. The van der Waals surface area contributed by atoms with Gasteiger partial charge in [-0.2, -0.15) is 4.89 Å². The summed E-state index contributed by atoms with van der Waals surface area (Å²) in [6.07, 6.45) is 5.65. The van der Waals surface area contributed by atoms with Crippen LogP contribution in [0.2, 0.25) is 0 Å². The first-order chi connectivity index (χ1) is 7.97. The quantitative estimate of drug-likeness (QED) is 0.683.